The Hall–Kier alpha value is -2.41. The Morgan fingerprint density at radius 3 is 2.58 bits per heavy atom. The Morgan fingerprint density at radius 1 is 1.00 bits per heavy atom. The molecule has 94 valence electrons. The molecule has 2 aromatic rings. The minimum Gasteiger partial charge on any atom is -0.338 e. The van der Waals surface area contributed by atoms with Gasteiger partial charge in [-0.1, -0.05) is 18.2 Å². The fourth-order valence-corrected chi connectivity index (χ4v) is 2.42. The summed E-state index contributed by atoms with van der Waals surface area (Å²) in [6.45, 7) is 0.613. The first-order valence-corrected chi connectivity index (χ1v) is 5.96. The fourth-order valence-electron chi connectivity index (χ4n) is 2.42. The number of anilines is 2. The van der Waals surface area contributed by atoms with Crippen molar-refractivity contribution in [1.82, 2.24) is 0 Å². The molecule has 1 aliphatic rings. The van der Waals surface area contributed by atoms with E-state index in [1.807, 2.05) is 24.3 Å². The Morgan fingerprint density at radius 2 is 1.79 bits per heavy atom. The number of para-hydroxylation sites is 1. The van der Waals surface area contributed by atoms with Crippen LogP contribution in [0.1, 0.15) is 11.1 Å². The van der Waals surface area contributed by atoms with Crippen LogP contribution in [0.2, 0.25) is 0 Å². The normalized spacial score (nSPS) is 13.2. The van der Waals surface area contributed by atoms with Crippen molar-refractivity contribution in [2.45, 2.75) is 6.42 Å². The molecule has 1 aliphatic heterocycles. The lowest BCUT2D eigenvalue weighted by atomic mass is 10.1. The number of nitriles is 1. The summed E-state index contributed by atoms with van der Waals surface area (Å²) in [5.41, 5.74) is 1.92. The van der Waals surface area contributed by atoms with Gasteiger partial charge in [0, 0.05) is 12.2 Å². The Labute approximate surface area is 109 Å². The van der Waals surface area contributed by atoms with Gasteiger partial charge in [0.05, 0.1) is 11.3 Å². The molecule has 0 spiro atoms. The van der Waals surface area contributed by atoms with Crippen molar-refractivity contribution in [2.75, 3.05) is 11.4 Å². The van der Waals surface area contributed by atoms with E-state index in [0.717, 1.165) is 17.7 Å². The van der Waals surface area contributed by atoms with Gasteiger partial charge in [-0.3, -0.25) is 0 Å². The van der Waals surface area contributed by atoms with Crippen molar-refractivity contribution in [3.8, 4) is 6.07 Å². The number of fused-ring (bicyclic) bond motifs is 1. The highest BCUT2D eigenvalue weighted by Gasteiger charge is 2.24. The molecular weight excluding hydrogens is 246 g/mol. The van der Waals surface area contributed by atoms with Crippen LogP contribution in [-0.2, 0) is 6.42 Å². The zero-order valence-corrected chi connectivity index (χ0v) is 10.0. The van der Waals surface area contributed by atoms with E-state index in [2.05, 4.69) is 0 Å². The molecular formula is C15H10F2N2. The molecule has 0 aromatic heterocycles. The summed E-state index contributed by atoms with van der Waals surface area (Å²) in [5.74, 6) is -2.04. The lowest BCUT2D eigenvalue weighted by Crippen LogP contribution is -2.15. The van der Waals surface area contributed by atoms with Crippen LogP contribution < -0.4 is 4.90 Å². The average Bonchev–Trinajstić information content (AvgIpc) is 2.86. The molecule has 0 bridgehead atoms. The van der Waals surface area contributed by atoms with Gasteiger partial charge in [-0.2, -0.15) is 5.26 Å². The SMILES string of the molecule is N#Cc1ccc(N2CCc3ccccc32)c(F)c1F. The second-order valence-corrected chi connectivity index (χ2v) is 4.40. The highest BCUT2D eigenvalue weighted by Crippen LogP contribution is 2.36. The van der Waals surface area contributed by atoms with Gasteiger partial charge in [0.15, 0.2) is 11.6 Å². The van der Waals surface area contributed by atoms with E-state index in [1.165, 1.54) is 12.1 Å². The summed E-state index contributed by atoms with van der Waals surface area (Å²) < 4.78 is 27.7. The molecule has 0 aliphatic carbocycles. The summed E-state index contributed by atoms with van der Waals surface area (Å²) in [6, 6.07) is 12.1. The molecule has 0 atom stereocenters. The van der Waals surface area contributed by atoms with Crippen molar-refractivity contribution in [3.63, 3.8) is 0 Å². The summed E-state index contributed by atoms with van der Waals surface area (Å²) in [7, 11) is 0. The van der Waals surface area contributed by atoms with E-state index in [9.17, 15) is 8.78 Å². The second-order valence-electron chi connectivity index (χ2n) is 4.40. The average molecular weight is 256 g/mol. The predicted molar refractivity (Wildman–Crippen MR) is 68.2 cm³/mol. The minimum atomic E-state index is -1.08. The van der Waals surface area contributed by atoms with E-state index in [0.29, 0.717) is 6.54 Å². The number of hydrogen-bond donors (Lipinski definition) is 0. The maximum absolute atomic E-state index is 14.0. The van der Waals surface area contributed by atoms with Gasteiger partial charge in [-0.15, -0.1) is 0 Å². The van der Waals surface area contributed by atoms with Crippen molar-refractivity contribution in [2.24, 2.45) is 0 Å². The number of nitrogens with zero attached hydrogens (tertiary/aromatic N) is 2. The summed E-state index contributed by atoms with van der Waals surface area (Å²) in [4.78, 5) is 1.74. The third-order valence-corrected chi connectivity index (χ3v) is 3.36. The van der Waals surface area contributed by atoms with Crippen LogP contribution in [0.25, 0.3) is 0 Å². The number of benzene rings is 2. The smallest absolute Gasteiger partial charge is 0.183 e. The van der Waals surface area contributed by atoms with Crippen molar-refractivity contribution in [1.29, 1.82) is 5.26 Å². The molecule has 0 saturated heterocycles. The minimum absolute atomic E-state index is 0.182. The molecule has 0 amide bonds. The van der Waals surface area contributed by atoms with Crippen molar-refractivity contribution < 1.29 is 8.78 Å². The van der Waals surface area contributed by atoms with Crippen LogP contribution in [0, 0.1) is 23.0 Å². The molecule has 0 radical (unpaired) electrons. The zero-order chi connectivity index (χ0) is 13.4. The lowest BCUT2D eigenvalue weighted by Gasteiger charge is -2.20. The van der Waals surface area contributed by atoms with Gasteiger partial charge >= 0.3 is 0 Å². The van der Waals surface area contributed by atoms with Gasteiger partial charge in [0.2, 0.25) is 0 Å². The monoisotopic (exact) mass is 256 g/mol. The molecule has 0 unspecified atom stereocenters. The van der Waals surface area contributed by atoms with Crippen LogP contribution in [0.3, 0.4) is 0 Å². The quantitative estimate of drug-likeness (QED) is 0.780. The maximum Gasteiger partial charge on any atom is 0.183 e. The molecule has 1 heterocycles. The molecule has 2 nitrogen and oxygen atoms in total. The number of halogens is 2. The van der Waals surface area contributed by atoms with Gasteiger partial charge in [0.1, 0.15) is 6.07 Å². The first kappa shape index (κ1) is 11.7. The van der Waals surface area contributed by atoms with Crippen LogP contribution in [-0.4, -0.2) is 6.54 Å². The van der Waals surface area contributed by atoms with E-state index in [-0.39, 0.29) is 11.3 Å². The fraction of sp³-hybridized carbons (Fsp3) is 0.133. The first-order valence-electron chi connectivity index (χ1n) is 5.96. The highest BCUT2D eigenvalue weighted by molar-refractivity contribution is 5.70. The van der Waals surface area contributed by atoms with Crippen molar-refractivity contribution >= 4 is 11.4 Å². The summed E-state index contributed by atoms with van der Waals surface area (Å²) in [6.07, 6.45) is 0.803. The van der Waals surface area contributed by atoms with E-state index in [4.69, 9.17) is 5.26 Å². The van der Waals surface area contributed by atoms with Gasteiger partial charge in [-0.05, 0) is 30.2 Å². The second kappa shape index (κ2) is 4.36. The van der Waals surface area contributed by atoms with Crippen LogP contribution in [0.5, 0.6) is 0 Å². The van der Waals surface area contributed by atoms with Crippen molar-refractivity contribution in [3.05, 3.63) is 59.2 Å². The molecule has 3 rings (SSSR count). The Balaban J connectivity index is 2.11. The van der Waals surface area contributed by atoms with Gasteiger partial charge in [-0.25, -0.2) is 8.78 Å². The third-order valence-electron chi connectivity index (χ3n) is 3.36. The number of rotatable bonds is 1. The predicted octanol–water partition coefficient (Wildman–Crippen LogP) is 3.53. The standard InChI is InChI=1S/C15H10F2N2/c16-14-11(9-18)5-6-13(15(14)17)19-8-7-10-3-1-2-4-12(10)19/h1-6H,7-8H2. The topological polar surface area (TPSA) is 27.0 Å². The van der Waals surface area contributed by atoms with E-state index in [1.54, 1.807) is 11.0 Å². The summed E-state index contributed by atoms with van der Waals surface area (Å²) >= 11 is 0. The van der Waals surface area contributed by atoms with Gasteiger partial charge < -0.3 is 4.90 Å². The van der Waals surface area contributed by atoms with E-state index >= 15 is 0 Å². The third kappa shape index (κ3) is 1.75. The Kier molecular flexibility index (Phi) is 2.68. The largest absolute Gasteiger partial charge is 0.338 e. The van der Waals surface area contributed by atoms with Gasteiger partial charge in [0.25, 0.3) is 0 Å². The zero-order valence-electron chi connectivity index (χ0n) is 10.0. The number of hydrogen-bond acceptors (Lipinski definition) is 2. The van der Waals surface area contributed by atoms with Crippen LogP contribution in [0.4, 0.5) is 20.2 Å². The Bertz CT molecular complexity index is 689. The van der Waals surface area contributed by atoms with Crippen LogP contribution >= 0.6 is 0 Å². The molecule has 4 heteroatoms. The molecule has 0 saturated carbocycles. The molecule has 0 N–H and O–H groups in total. The summed E-state index contributed by atoms with van der Waals surface area (Å²) in [5, 5.41) is 8.69. The molecule has 19 heavy (non-hydrogen) atoms. The van der Waals surface area contributed by atoms with Crippen LogP contribution in [0.15, 0.2) is 36.4 Å². The lowest BCUT2D eigenvalue weighted by molar-refractivity contribution is 0.506. The highest BCUT2D eigenvalue weighted by atomic mass is 19.2. The molecule has 2 aromatic carbocycles. The first-order chi connectivity index (χ1) is 9.22. The maximum atomic E-state index is 14.0. The van der Waals surface area contributed by atoms with E-state index < -0.39 is 11.6 Å². The molecule has 0 fully saturated rings.